The van der Waals surface area contributed by atoms with E-state index in [4.69, 9.17) is 0 Å². The number of carbonyl (C=O) groups excluding carboxylic acids is 1. The molecule has 2 bridgehead atoms. The highest BCUT2D eigenvalue weighted by Crippen LogP contribution is 2.38. The summed E-state index contributed by atoms with van der Waals surface area (Å²) in [5.41, 5.74) is 0. The molecule has 4 nitrogen and oxygen atoms in total. The summed E-state index contributed by atoms with van der Waals surface area (Å²) in [5, 5.41) is 0.302. The van der Waals surface area contributed by atoms with E-state index in [9.17, 15) is 4.79 Å². The lowest BCUT2D eigenvalue weighted by molar-refractivity contribution is -0.112. The molecule has 3 atom stereocenters. The Morgan fingerprint density at radius 1 is 1.14 bits per heavy atom. The molecule has 120 valence electrons. The van der Waals surface area contributed by atoms with E-state index < -0.39 is 0 Å². The van der Waals surface area contributed by atoms with Gasteiger partial charge in [0.25, 0.3) is 0 Å². The van der Waals surface area contributed by atoms with Crippen molar-refractivity contribution in [3.8, 4) is 0 Å². The summed E-state index contributed by atoms with van der Waals surface area (Å²) in [6, 6.07) is 0.848. The van der Waals surface area contributed by atoms with Gasteiger partial charge >= 0.3 is 0 Å². The van der Waals surface area contributed by atoms with Crippen LogP contribution in [0.15, 0.2) is 0 Å². The van der Waals surface area contributed by atoms with E-state index in [0.29, 0.717) is 11.7 Å². The smallest absolute Gasteiger partial charge is 0.202 e. The van der Waals surface area contributed by atoms with Gasteiger partial charge in [-0.05, 0) is 44.4 Å². The highest BCUT2D eigenvalue weighted by Gasteiger charge is 2.39. The highest BCUT2D eigenvalue weighted by molar-refractivity contribution is 8.13. The number of hydrogen-bond donors (Lipinski definition) is 0. The normalized spacial score (nSPS) is 35.2. The number of piperidine rings is 2. The molecule has 0 aromatic carbocycles. The van der Waals surface area contributed by atoms with Crippen LogP contribution in [0, 0.1) is 11.8 Å². The molecule has 0 spiro atoms. The molecule has 1 aliphatic carbocycles. The summed E-state index contributed by atoms with van der Waals surface area (Å²) in [4.78, 5) is 19.0. The third-order valence-corrected chi connectivity index (χ3v) is 6.38. The number of piperazine rings is 1. The van der Waals surface area contributed by atoms with E-state index in [2.05, 4.69) is 21.7 Å². The Morgan fingerprint density at radius 2 is 1.86 bits per heavy atom. The summed E-state index contributed by atoms with van der Waals surface area (Å²) in [7, 11) is 2.30. The van der Waals surface area contributed by atoms with Gasteiger partial charge in [0.15, 0.2) is 0 Å². The van der Waals surface area contributed by atoms with Crippen molar-refractivity contribution in [2.24, 2.45) is 11.8 Å². The van der Waals surface area contributed by atoms with Crippen molar-refractivity contribution in [3.63, 3.8) is 0 Å². The number of thioether (sulfide) groups is 1. The Bertz CT molecular complexity index is 371. The fourth-order valence-electron chi connectivity index (χ4n) is 4.39. The summed E-state index contributed by atoms with van der Waals surface area (Å²) < 4.78 is 0. The van der Waals surface area contributed by atoms with Crippen LogP contribution < -0.4 is 0 Å². The van der Waals surface area contributed by atoms with E-state index in [0.717, 1.165) is 44.1 Å². The lowest BCUT2D eigenvalue weighted by atomic mass is 9.72. The largest absolute Gasteiger partial charge is 0.303 e. The van der Waals surface area contributed by atoms with Crippen LogP contribution in [0.3, 0.4) is 0 Å². The van der Waals surface area contributed by atoms with Crippen LogP contribution in [-0.2, 0) is 4.79 Å². The van der Waals surface area contributed by atoms with Gasteiger partial charge in [0.05, 0.1) is 6.54 Å². The van der Waals surface area contributed by atoms with Crippen LogP contribution >= 0.6 is 11.8 Å². The van der Waals surface area contributed by atoms with Gasteiger partial charge in [0.1, 0.15) is 0 Å². The molecular weight excluding hydrogens is 282 g/mol. The summed E-state index contributed by atoms with van der Waals surface area (Å²) in [6.45, 7) is 7.65. The fourth-order valence-corrected chi connectivity index (χ4v) is 4.71. The first-order valence-electron chi connectivity index (χ1n) is 8.37. The number of hydrogen-bond acceptors (Lipinski definition) is 5. The van der Waals surface area contributed by atoms with Gasteiger partial charge in [0.2, 0.25) is 5.12 Å². The maximum absolute atomic E-state index is 11.5. The lowest BCUT2D eigenvalue weighted by Gasteiger charge is -2.50. The third-order valence-electron chi connectivity index (χ3n) is 5.80. The molecule has 0 amide bonds. The van der Waals surface area contributed by atoms with Crippen molar-refractivity contribution in [2.45, 2.75) is 25.3 Å². The topological polar surface area (TPSA) is 26.8 Å². The molecule has 0 radical (unpaired) electrons. The SMILES string of the molecule is CSC(=O)CN1CCN(C[C@@H]2C[C@@H]3CC[C@H]2CN3C)CC1. The first kappa shape index (κ1) is 15.8. The maximum Gasteiger partial charge on any atom is 0.202 e. The van der Waals surface area contributed by atoms with Crippen LogP contribution in [0.4, 0.5) is 0 Å². The van der Waals surface area contributed by atoms with E-state index in [1.807, 2.05) is 6.26 Å². The van der Waals surface area contributed by atoms with Crippen LogP contribution in [-0.4, -0.2) is 85.0 Å². The minimum Gasteiger partial charge on any atom is -0.303 e. The highest BCUT2D eigenvalue weighted by atomic mass is 32.2. The standard InChI is InChI=1S/C16H29N3OS/c1-17-10-13-3-4-15(17)9-14(13)11-18-5-7-19(8-6-18)12-16(20)21-2/h13-15H,3-12H2,1-2H3/t13-,14-,15-/m0/s1. The Balaban J connectivity index is 1.43. The molecule has 4 aliphatic rings. The average molecular weight is 311 g/mol. The minimum atomic E-state index is 0.302. The number of rotatable bonds is 4. The molecule has 3 saturated heterocycles. The summed E-state index contributed by atoms with van der Waals surface area (Å²) in [6.07, 6.45) is 6.16. The second-order valence-electron chi connectivity index (χ2n) is 7.08. The lowest BCUT2D eigenvalue weighted by Crippen LogP contribution is -2.54. The predicted octanol–water partition coefficient (Wildman–Crippen LogP) is 1.22. The number of fused-ring (bicyclic) bond motifs is 3. The van der Waals surface area contributed by atoms with Crippen molar-refractivity contribution in [1.82, 2.24) is 14.7 Å². The molecule has 1 saturated carbocycles. The Kier molecular flexibility index (Phi) is 5.25. The fraction of sp³-hybridized carbons (Fsp3) is 0.938. The molecule has 3 aliphatic heterocycles. The van der Waals surface area contributed by atoms with Gasteiger partial charge in [-0.15, -0.1) is 0 Å². The summed E-state index contributed by atoms with van der Waals surface area (Å²) >= 11 is 1.36. The molecule has 4 fully saturated rings. The molecule has 0 N–H and O–H groups in total. The van der Waals surface area contributed by atoms with Crippen LogP contribution in [0.5, 0.6) is 0 Å². The average Bonchev–Trinajstić information content (AvgIpc) is 2.50. The van der Waals surface area contributed by atoms with Crippen molar-refractivity contribution < 1.29 is 4.79 Å². The molecule has 0 aromatic heterocycles. The number of nitrogens with zero attached hydrogens (tertiary/aromatic N) is 3. The molecule has 4 rings (SSSR count). The van der Waals surface area contributed by atoms with E-state index >= 15 is 0 Å². The quantitative estimate of drug-likeness (QED) is 0.778. The molecule has 3 heterocycles. The minimum absolute atomic E-state index is 0.302. The second kappa shape index (κ2) is 6.99. The van der Waals surface area contributed by atoms with E-state index in [1.165, 1.54) is 44.1 Å². The zero-order valence-electron chi connectivity index (χ0n) is 13.5. The van der Waals surface area contributed by atoms with Crippen molar-refractivity contribution in [1.29, 1.82) is 0 Å². The third kappa shape index (κ3) is 3.81. The zero-order valence-corrected chi connectivity index (χ0v) is 14.3. The molecule has 0 aromatic rings. The van der Waals surface area contributed by atoms with Gasteiger partial charge in [-0.2, -0.15) is 0 Å². The van der Waals surface area contributed by atoms with Gasteiger partial charge in [-0.1, -0.05) is 11.8 Å². The van der Waals surface area contributed by atoms with Gasteiger partial charge in [0, 0.05) is 45.3 Å². The van der Waals surface area contributed by atoms with E-state index in [-0.39, 0.29) is 0 Å². The van der Waals surface area contributed by atoms with Gasteiger partial charge in [-0.25, -0.2) is 0 Å². The molecular formula is C16H29N3OS. The predicted molar refractivity (Wildman–Crippen MR) is 88.7 cm³/mol. The van der Waals surface area contributed by atoms with E-state index in [1.54, 1.807) is 0 Å². The maximum atomic E-state index is 11.5. The Labute approximate surface area is 133 Å². The van der Waals surface area contributed by atoms with Crippen LogP contribution in [0.1, 0.15) is 19.3 Å². The van der Waals surface area contributed by atoms with Gasteiger partial charge < -0.3 is 9.80 Å². The van der Waals surface area contributed by atoms with Gasteiger partial charge in [-0.3, -0.25) is 9.69 Å². The summed E-state index contributed by atoms with van der Waals surface area (Å²) in [5.74, 6) is 1.84. The van der Waals surface area contributed by atoms with Crippen LogP contribution in [0.2, 0.25) is 0 Å². The molecule has 0 unspecified atom stereocenters. The second-order valence-corrected chi connectivity index (χ2v) is 7.94. The Hall–Kier alpha value is -0.100. The molecule has 21 heavy (non-hydrogen) atoms. The zero-order chi connectivity index (χ0) is 14.8. The van der Waals surface area contributed by atoms with Crippen LogP contribution in [0.25, 0.3) is 0 Å². The monoisotopic (exact) mass is 311 g/mol. The first-order valence-corrected chi connectivity index (χ1v) is 9.60. The van der Waals surface area contributed by atoms with Crippen molar-refractivity contribution >= 4 is 16.9 Å². The first-order chi connectivity index (χ1) is 10.2. The molecule has 5 heteroatoms. The van der Waals surface area contributed by atoms with Crippen molar-refractivity contribution in [3.05, 3.63) is 0 Å². The van der Waals surface area contributed by atoms with Crippen molar-refractivity contribution in [2.75, 3.05) is 59.1 Å². The number of carbonyl (C=O) groups is 1. The Morgan fingerprint density at radius 3 is 2.43 bits per heavy atom.